The van der Waals surface area contributed by atoms with Crippen molar-refractivity contribution in [2.75, 3.05) is 44.2 Å². The standard InChI is InChI=1S/C21H26N4O7S/c1-16(26)14-31-11-9-22-20(27)15-32-12-10-23-21(28)17-7-8-19(24-13-17)25-33(29,30)18-5-3-2-4-6-18/h2-8,13H,9-12,14-15H2,1H3,(H,22,27)(H,23,28)(H,24,25). The van der Waals surface area contributed by atoms with E-state index in [-0.39, 0.29) is 67.5 Å². The van der Waals surface area contributed by atoms with E-state index in [1.165, 1.54) is 37.4 Å². The molecule has 1 aromatic heterocycles. The van der Waals surface area contributed by atoms with E-state index in [9.17, 15) is 22.8 Å². The second-order valence-corrected chi connectivity index (χ2v) is 8.45. The van der Waals surface area contributed by atoms with Crippen molar-refractivity contribution in [2.24, 2.45) is 0 Å². The molecule has 2 amide bonds. The zero-order valence-electron chi connectivity index (χ0n) is 18.1. The normalized spacial score (nSPS) is 10.9. The Labute approximate surface area is 191 Å². The summed E-state index contributed by atoms with van der Waals surface area (Å²) in [4.78, 5) is 38.5. The number of anilines is 1. The fourth-order valence-corrected chi connectivity index (χ4v) is 3.45. The van der Waals surface area contributed by atoms with Gasteiger partial charge in [-0.2, -0.15) is 0 Å². The number of nitrogens with one attached hydrogen (secondary N) is 3. The van der Waals surface area contributed by atoms with Gasteiger partial charge in [0.15, 0.2) is 5.78 Å². The van der Waals surface area contributed by atoms with Crippen LogP contribution in [0.3, 0.4) is 0 Å². The van der Waals surface area contributed by atoms with Crippen LogP contribution >= 0.6 is 0 Å². The van der Waals surface area contributed by atoms with Crippen molar-refractivity contribution < 1.29 is 32.3 Å². The fourth-order valence-electron chi connectivity index (χ4n) is 2.42. The van der Waals surface area contributed by atoms with Crippen LogP contribution < -0.4 is 15.4 Å². The summed E-state index contributed by atoms with van der Waals surface area (Å²) in [7, 11) is -3.77. The Bertz CT molecular complexity index is 1030. The third-order valence-corrected chi connectivity index (χ3v) is 5.33. The molecule has 0 saturated carbocycles. The quantitative estimate of drug-likeness (QED) is 0.329. The van der Waals surface area contributed by atoms with E-state index in [0.29, 0.717) is 0 Å². The number of benzene rings is 1. The van der Waals surface area contributed by atoms with Gasteiger partial charge in [0.05, 0.1) is 23.7 Å². The third kappa shape index (κ3) is 9.76. The maximum absolute atomic E-state index is 12.3. The van der Waals surface area contributed by atoms with Gasteiger partial charge in [-0.3, -0.25) is 19.1 Å². The average molecular weight is 479 g/mol. The predicted molar refractivity (Wildman–Crippen MR) is 119 cm³/mol. The lowest BCUT2D eigenvalue weighted by molar-refractivity contribution is -0.125. The summed E-state index contributed by atoms with van der Waals surface area (Å²) < 4.78 is 37.1. The van der Waals surface area contributed by atoms with Gasteiger partial charge >= 0.3 is 0 Å². The Morgan fingerprint density at radius 3 is 2.21 bits per heavy atom. The van der Waals surface area contributed by atoms with Gasteiger partial charge in [0.1, 0.15) is 19.0 Å². The van der Waals surface area contributed by atoms with Crippen molar-refractivity contribution in [2.45, 2.75) is 11.8 Å². The highest BCUT2D eigenvalue weighted by Gasteiger charge is 2.14. The Hall–Kier alpha value is -3.35. The van der Waals surface area contributed by atoms with Gasteiger partial charge in [0, 0.05) is 19.3 Å². The SMILES string of the molecule is CC(=O)COCCNC(=O)COCCNC(=O)c1ccc(NS(=O)(=O)c2ccccc2)nc1. The van der Waals surface area contributed by atoms with Gasteiger partial charge in [-0.1, -0.05) is 18.2 Å². The number of hydrogen-bond donors (Lipinski definition) is 3. The first-order chi connectivity index (χ1) is 15.8. The summed E-state index contributed by atoms with van der Waals surface area (Å²) in [6, 6.07) is 10.7. The number of Topliss-reactive ketones (excluding diaryl/α,β-unsaturated/α-hetero) is 1. The van der Waals surface area contributed by atoms with Crippen molar-refractivity contribution in [3.63, 3.8) is 0 Å². The van der Waals surface area contributed by atoms with Crippen LogP contribution in [0.1, 0.15) is 17.3 Å². The van der Waals surface area contributed by atoms with E-state index in [0.717, 1.165) is 0 Å². The fraction of sp³-hybridized carbons (Fsp3) is 0.333. The average Bonchev–Trinajstić information content (AvgIpc) is 2.79. The van der Waals surface area contributed by atoms with Crippen molar-refractivity contribution in [3.05, 3.63) is 54.2 Å². The van der Waals surface area contributed by atoms with Crippen LogP contribution in [-0.4, -0.2) is 70.5 Å². The van der Waals surface area contributed by atoms with Crippen LogP contribution in [0, 0.1) is 0 Å². The summed E-state index contributed by atoms with van der Waals surface area (Å²) in [5.41, 5.74) is 0.237. The van der Waals surface area contributed by atoms with Crippen molar-refractivity contribution in [1.82, 2.24) is 15.6 Å². The number of pyridine rings is 1. The molecule has 0 fully saturated rings. The first kappa shape index (κ1) is 25.9. The molecule has 1 heterocycles. The first-order valence-electron chi connectivity index (χ1n) is 10.0. The maximum atomic E-state index is 12.3. The molecular formula is C21H26N4O7S. The lowest BCUT2D eigenvalue weighted by Crippen LogP contribution is -2.33. The molecule has 178 valence electrons. The maximum Gasteiger partial charge on any atom is 0.263 e. The second-order valence-electron chi connectivity index (χ2n) is 6.76. The Balaban J connectivity index is 1.65. The minimum absolute atomic E-state index is 0.00755. The summed E-state index contributed by atoms with van der Waals surface area (Å²) in [5, 5.41) is 5.18. The van der Waals surface area contributed by atoms with Crippen LogP contribution in [0.5, 0.6) is 0 Å². The van der Waals surface area contributed by atoms with Crippen LogP contribution in [-0.2, 0) is 29.1 Å². The highest BCUT2D eigenvalue weighted by Crippen LogP contribution is 2.14. The number of carbonyl (C=O) groups is 3. The molecule has 3 N–H and O–H groups in total. The second kappa shape index (κ2) is 13.3. The van der Waals surface area contributed by atoms with Crippen LogP contribution in [0.25, 0.3) is 0 Å². The largest absolute Gasteiger partial charge is 0.372 e. The van der Waals surface area contributed by atoms with Gasteiger partial charge in [0.25, 0.3) is 15.9 Å². The molecule has 33 heavy (non-hydrogen) atoms. The van der Waals surface area contributed by atoms with E-state index in [1.54, 1.807) is 18.2 Å². The minimum atomic E-state index is -3.77. The van der Waals surface area contributed by atoms with Crippen molar-refractivity contribution in [1.29, 1.82) is 0 Å². The highest BCUT2D eigenvalue weighted by atomic mass is 32.2. The summed E-state index contributed by atoms with van der Waals surface area (Å²) in [6.07, 6.45) is 1.25. The van der Waals surface area contributed by atoms with Gasteiger partial charge in [-0.15, -0.1) is 0 Å². The molecule has 0 saturated heterocycles. The molecule has 12 heteroatoms. The number of aromatic nitrogens is 1. The van der Waals surface area contributed by atoms with Crippen LogP contribution in [0.15, 0.2) is 53.6 Å². The monoisotopic (exact) mass is 478 g/mol. The molecule has 2 rings (SSSR count). The molecule has 0 radical (unpaired) electrons. The number of ketones is 1. The molecule has 0 aliphatic carbocycles. The predicted octanol–water partition coefficient (Wildman–Crippen LogP) is 0.351. The molecule has 1 aromatic carbocycles. The van der Waals surface area contributed by atoms with Crippen molar-refractivity contribution in [3.8, 4) is 0 Å². The molecule has 0 spiro atoms. The Kier molecular flexibility index (Phi) is 10.4. The van der Waals surface area contributed by atoms with E-state index in [1.807, 2.05) is 0 Å². The zero-order chi connectivity index (χ0) is 24.1. The van der Waals surface area contributed by atoms with E-state index >= 15 is 0 Å². The van der Waals surface area contributed by atoms with Gasteiger partial charge in [-0.25, -0.2) is 13.4 Å². The molecule has 11 nitrogen and oxygen atoms in total. The van der Waals surface area contributed by atoms with E-state index in [4.69, 9.17) is 9.47 Å². The molecule has 2 aromatic rings. The van der Waals surface area contributed by atoms with Crippen LogP contribution in [0.2, 0.25) is 0 Å². The van der Waals surface area contributed by atoms with Gasteiger partial charge < -0.3 is 20.1 Å². The molecule has 0 unspecified atom stereocenters. The number of nitrogens with zero attached hydrogens (tertiary/aromatic N) is 1. The Morgan fingerprint density at radius 1 is 0.909 bits per heavy atom. The summed E-state index contributed by atoms with van der Waals surface area (Å²) in [5.74, 6) is -0.774. The smallest absolute Gasteiger partial charge is 0.263 e. The van der Waals surface area contributed by atoms with Crippen LogP contribution in [0.4, 0.5) is 5.82 Å². The molecule has 0 atom stereocenters. The third-order valence-electron chi connectivity index (χ3n) is 3.96. The molecule has 0 aliphatic rings. The van der Waals surface area contributed by atoms with Gasteiger partial charge in [-0.05, 0) is 31.2 Å². The lowest BCUT2D eigenvalue weighted by atomic mass is 10.2. The highest BCUT2D eigenvalue weighted by molar-refractivity contribution is 7.92. The number of rotatable bonds is 14. The van der Waals surface area contributed by atoms with Crippen molar-refractivity contribution >= 4 is 33.4 Å². The number of amides is 2. The van der Waals surface area contributed by atoms with Gasteiger partial charge in [0.2, 0.25) is 5.91 Å². The first-order valence-corrected chi connectivity index (χ1v) is 11.5. The topological polar surface area (TPSA) is 153 Å². The summed E-state index contributed by atoms with van der Waals surface area (Å²) in [6.45, 7) is 2.00. The molecule has 0 aliphatic heterocycles. The number of hydrogen-bond acceptors (Lipinski definition) is 8. The zero-order valence-corrected chi connectivity index (χ0v) is 18.9. The molecular weight excluding hydrogens is 452 g/mol. The number of carbonyl (C=O) groups excluding carboxylic acids is 3. The lowest BCUT2D eigenvalue weighted by Gasteiger charge is -2.09. The Morgan fingerprint density at radius 2 is 1.58 bits per heavy atom. The number of sulfonamides is 1. The summed E-state index contributed by atoms with van der Waals surface area (Å²) >= 11 is 0. The minimum Gasteiger partial charge on any atom is -0.372 e. The number of ether oxygens (including phenoxy) is 2. The van der Waals surface area contributed by atoms with E-state index < -0.39 is 15.9 Å². The van der Waals surface area contributed by atoms with E-state index in [2.05, 4.69) is 20.3 Å². The molecule has 0 bridgehead atoms.